The molecule has 1 fully saturated rings. The molecule has 1 N–H and O–H groups in total. The third-order valence-electron chi connectivity index (χ3n) is 4.88. The van der Waals surface area contributed by atoms with Crippen LogP contribution in [0.5, 0.6) is 5.75 Å². The van der Waals surface area contributed by atoms with Crippen molar-refractivity contribution in [2.45, 2.75) is 51.1 Å². The zero-order chi connectivity index (χ0) is 14.7. The second-order valence-electron chi connectivity index (χ2n) is 6.58. The number of ether oxygens (including phenoxy) is 1. The summed E-state index contributed by atoms with van der Waals surface area (Å²) in [5.41, 5.74) is 2.95. The van der Waals surface area contributed by atoms with Gasteiger partial charge >= 0.3 is 0 Å². The van der Waals surface area contributed by atoms with E-state index in [2.05, 4.69) is 35.3 Å². The van der Waals surface area contributed by atoms with Crippen LogP contribution < -0.4 is 10.1 Å². The molecule has 1 saturated heterocycles. The highest BCUT2D eigenvalue weighted by molar-refractivity contribution is 5.39. The Hall–Kier alpha value is -1.06. The van der Waals surface area contributed by atoms with Crippen LogP contribution in [-0.4, -0.2) is 37.7 Å². The summed E-state index contributed by atoms with van der Waals surface area (Å²) in [4.78, 5) is 2.59. The highest BCUT2D eigenvalue weighted by Crippen LogP contribution is 2.32. The Morgan fingerprint density at radius 1 is 1.29 bits per heavy atom. The minimum Gasteiger partial charge on any atom is -0.497 e. The van der Waals surface area contributed by atoms with E-state index in [1.54, 1.807) is 7.11 Å². The van der Waals surface area contributed by atoms with Crippen molar-refractivity contribution in [1.29, 1.82) is 0 Å². The smallest absolute Gasteiger partial charge is 0.119 e. The van der Waals surface area contributed by atoms with E-state index in [9.17, 15) is 0 Å². The monoisotopic (exact) mass is 288 g/mol. The standard InChI is InChI=1S/C18H28N2O/c1-14(13-20-10-3-4-11-20)19-18-7-5-6-15-8-9-16(21-2)12-17(15)18/h8-9,12,14,18-19H,3-7,10-11,13H2,1-2H3. The molecule has 3 rings (SSSR count). The number of hydrogen-bond acceptors (Lipinski definition) is 3. The highest BCUT2D eigenvalue weighted by Gasteiger charge is 2.23. The fourth-order valence-electron chi connectivity index (χ4n) is 3.83. The average Bonchev–Trinajstić information content (AvgIpc) is 3.00. The molecular formula is C18H28N2O. The first-order valence-corrected chi connectivity index (χ1v) is 8.41. The van der Waals surface area contributed by atoms with Crippen molar-refractivity contribution in [1.82, 2.24) is 10.2 Å². The molecule has 116 valence electrons. The zero-order valence-corrected chi connectivity index (χ0v) is 13.4. The van der Waals surface area contributed by atoms with E-state index in [0.29, 0.717) is 12.1 Å². The van der Waals surface area contributed by atoms with Crippen molar-refractivity contribution < 1.29 is 4.74 Å². The third-order valence-corrected chi connectivity index (χ3v) is 4.88. The van der Waals surface area contributed by atoms with Crippen LogP contribution in [-0.2, 0) is 6.42 Å². The van der Waals surface area contributed by atoms with Gasteiger partial charge in [0.15, 0.2) is 0 Å². The molecule has 1 aromatic carbocycles. The molecule has 0 amide bonds. The average molecular weight is 288 g/mol. The van der Waals surface area contributed by atoms with E-state index in [-0.39, 0.29) is 0 Å². The van der Waals surface area contributed by atoms with Crippen molar-refractivity contribution in [3.63, 3.8) is 0 Å². The van der Waals surface area contributed by atoms with Crippen LogP contribution in [0, 0.1) is 0 Å². The van der Waals surface area contributed by atoms with E-state index >= 15 is 0 Å². The van der Waals surface area contributed by atoms with Crippen LogP contribution in [0.25, 0.3) is 0 Å². The topological polar surface area (TPSA) is 24.5 Å². The molecule has 0 saturated carbocycles. The van der Waals surface area contributed by atoms with Gasteiger partial charge in [-0.05, 0) is 75.4 Å². The van der Waals surface area contributed by atoms with Gasteiger partial charge in [0.05, 0.1) is 7.11 Å². The lowest BCUT2D eigenvalue weighted by atomic mass is 9.87. The van der Waals surface area contributed by atoms with Crippen molar-refractivity contribution in [2.24, 2.45) is 0 Å². The number of likely N-dealkylation sites (tertiary alicyclic amines) is 1. The maximum Gasteiger partial charge on any atom is 0.119 e. The van der Waals surface area contributed by atoms with Crippen molar-refractivity contribution in [3.8, 4) is 5.75 Å². The summed E-state index contributed by atoms with van der Waals surface area (Å²) in [6.07, 6.45) is 6.47. The molecule has 0 radical (unpaired) electrons. The molecule has 21 heavy (non-hydrogen) atoms. The molecule has 3 nitrogen and oxygen atoms in total. The number of methoxy groups -OCH3 is 1. The van der Waals surface area contributed by atoms with Crippen LogP contribution in [0.4, 0.5) is 0 Å². The van der Waals surface area contributed by atoms with Crippen LogP contribution in [0.1, 0.15) is 49.8 Å². The summed E-state index contributed by atoms with van der Waals surface area (Å²) in [6, 6.07) is 7.60. The summed E-state index contributed by atoms with van der Waals surface area (Å²) in [5.74, 6) is 0.981. The quantitative estimate of drug-likeness (QED) is 0.901. The van der Waals surface area contributed by atoms with E-state index < -0.39 is 0 Å². The van der Waals surface area contributed by atoms with E-state index in [0.717, 1.165) is 5.75 Å². The molecule has 2 aliphatic rings. The number of rotatable bonds is 5. The summed E-state index contributed by atoms with van der Waals surface area (Å²) in [5, 5.41) is 3.86. The Bertz CT molecular complexity index is 468. The molecule has 1 aliphatic carbocycles. The van der Waals surface area contributed by atoms with E-state index in [4.69, 9.17) is 4.74 Å². The number of nitrogens with zero attached hydrogens (tertiary/aromatic N) is 1. The first kappa shape index (κ1) is 14.9. The second-order valence-corrected chi connectivity index (χ2v) is 6.58. The van der Waals surface area contributed by atoms with E-state index in [1.165, 1.54) is 62.9 Å². The van der Waals surface area contributed by atoms with Crippen LogP contribution in [0.3, 0.4) is 0 Å². The molecule has 0 aromatic heterocycles. The molecule has 1 aliphatic heterocycles. The van der Waals surface area contributed by atoms with Crippen LogP contribution in [0.15, 0.2) is 18.2 Å². The van der Waals surface area contributed by atoms with Crippen LogP contribution >= 0.6 is 0 Å². The number of fused-ring (bicyclic) bond motifs is 1. The summed E-state index contributed by atoms with van der Waals surface area (Å²) in [6.45, 7) is 6.06. The largest absolute Gasteiger partial charge is 0.497 e. The zero-order valence-electron chi connectivity index (χ0n) is 13.4. The summed E-state index contributed by atoms with van der Waals surface area (Å²) >= 11 is 0. The lowest BCUT2D eigenvalue weighted by Crippen LogP contribution is -2.40. The Labute approximate surface area is 128 Å². The van der Waals surface area contributed by atoms with E-state index in [1.807, 2.05) is 0 Å². The Morgan fingerprint density at radius 2 is 2.10 bits per heavy atom. The van der Waals surface area contributed by atoms with Gasteiger partial charge in [-0.15, -0.1) is 0 Å². The maximum absolute atomic E-state index is 5.41. The normalized spacial score (nSPS) is 23.8. The van der Waals surface area contributed by atoms with Crippen LogP contribution in [0.2, 0.25) is 0 Å². The first-order chi connectivity index (χ1) is 10.3. The Morgan fingerprint density at radius 3 is 2.86 bits per heavy atom. The van der Waals surface area contributed by atoms with Gasteiger partial charge in [-0.3, -0.25) is 0 Å². The molecule has 2 unspecified atom stereocenters. The number of hydrogen-bond donors (Lipinski definition) is 1. The molecule has 3 heteroatoms. The summed E-state index contributed by atoms with van der Waals surface area (Å²) in [7, 11) is 1.75. The minimum atomic E-state index is 0.487. The van der Waals surface area contributed by atoms with Gasteiger partial charge in [-0.25, -0.2) is 0 Å². The number of nitrogens with one attached hydrogen (secondary N) is 1. The van der Waals surface area contributed by atoms with Gasteiger partial charge in [-0.2, -0.15) is 0 Å². The Kier molecular flexibility index (Phi) is 4.81. The SMILES string of the molecule is COc1ccc2c(c1)C(NC(C)CN1CCCC1)CCC2. The van der Waals surface area contributed by atoms with Gasteiger partial charge in [-0.1, -0.05) is 6.07 Å². The molecule has 0 spiro atoms. The lowest BCUT2D eigenvalue weighted by Gasteiger charge is -2.31. The van der Waals surface area contributed by atoms with Gasteiger partial charge in [0.1, 0.15) is 5.75 Å². The molecule has 0 bridgehead atoms. The van der Waals surface area contributed by atoms with Crippen molar-refractivity contribution in [3.05, 3.63) is 29.3 Å². The Balaban J connectivity index is 1.66. The van der Waals surface area contributed by atoms with Crippen molar-refractivity contribution >= 4 is 0 Å². The number of aryl methyl sites for hydroxylation is 1. The molecule has 1 aromatic rings. The highest BCUT2D eigenvalue weighted by atomic mass is 16.5. The predicted octanol–water partition coefficient (Wildman–Crippen LogP) is 3.15. The first-order valence-electron chi connectivity index (χ1n) is 8.41. The third kappa shape index (κ3) is 3.58. The molecular weight excluding hydrogens is 260 g/mol. The second kappa shape index (κ2) is 6.80. The van der Waals surface area contributed by atoms with Gasteiger partial charge in [0.2, 0.25) is 0 Å². The summed E-state index contributed by atoms with van der Waals surface area (Å²) < 4.78 is 5.41. The van der Waals surface area contributed by atoms with Crippen molar-refractivity contribution in [2.75, 3.05) is 26.7 Å². The minimum absolute atomic E-state index is 0.487. The fourth-order valence-corrected chi connectivity index (χ4v) is 3.83. The van der Waals surface area contributed by atoms with Gasteiger partial charge in [0, 0.05) is 18.6 Å². The lowest BCUT2D eigenvalue weighted by molar-refractivity contribution is 0.279. The molecule has 2 atom stereocenters. The van der Waals surface area contributed by atoms with Gasteiger partial charge < -0.3 is 15.0 Å². The number of benzene rings is 1. The predicted molar refractivity (Wildman–Crippen MR) is 86.9 cm³/mol. The van der Waals surface area contributed by atoms with Gasteiger partial charge in [0.25, 0.3) is 0 Å². The fraction of sp³-hybridized carbons (Fsp3) is 0.667. The molecule has 1 heterocycles. The maximum atomic E-state index is 5.41.